The molecule has 2 rings (SSSR count). The average molecular weight is 383 g/mol. The third kappa shape index (κ3) is 5.79. The molecule has 6 nitrogen and oxygen atoms in total. The van der Waals surface area contributed by atoms with Crippen LogP contribution in [0.1, 0.15) is 39.5 Å². The lowest BCUT2D eigenvalue weighted by Crippen LogP contribution is -2.51. The summed E-state index contributed by atoms with van der Waals surface area (Å²) in [5.41, 5.74) is 0. The Morgan fingerprint density at radius 3 is 2.69 bits per heavy atom. The molecule has 1 fully saturated rings. The number of sulfonamides is 1. The van der Waals surface area contributed by atoms with Crippen molar-refractivity contribution in [2.75, 3.05) is 26.3 Å². The molecule has 0 saturated carbocycles. The van der Waals surface area contributed by atoms with Crippen molar-refractivity contribution in [3.05, 3.63) is 30.3 Å². The minimum Gasteiger partial charge on any atom is -0.381 e. The van der Waals surface area contributed by atoms with Crippen molar-refractivity contribution in [1.82, 2.24) is 9.62 Å². The Morgan fingerprint density at radius 1 is 1.27 bits per heavy atom. The van der Waals surface area contributed by atoms with Gasteiger partial charge in [0.25, 0.3) is 0 Å². The molecular weight excluding hydrogens is 352 g/mol. The zero-order valence-corrected chi connectivity index (χ0v) is 16.5. The number of benzene rings is 1. The fraction of sp³-hybridized carbons (Fsp3) is 0.632. The number of hydrogen-bond acceptors (Lipinski definition) is 4. The Morgan fingerprint density at radius 2 is 2.00 bits per heavy atom. The Kier molecular flexibility index (Phi) is 8.06. The molecule has 7 heteroatoms. The molecule has 0 aromatic heterocycles. The lowest BCUT2D eigenvalue weighted by Gasteiger charge is -2.33. The third-order valence-electron chi connectivity index (χ3n) is 4.32. The summed E-state index contributed by atoms with van der Waals surface area (Å²) in [6, 6.07) is 7.69. The van der Waals surface area contributed by atoms with Crippen LogP contribution in [-0.2, 0) is 19.6 Å². The SMILES string of the molecule is CC(C)COCCCNC(=O)C1CCCCN1S(=O)(=O)c1ccccc1. The molecule has 1 amide bonds. The average Bonchev–Trinajstić information content (AvgIpc) is 2.65. The topological polar surface area (TPSA) is 75.7 Å². The summed E-state index contributed by atoms with van der Waals surface area (Å²) in [5.74, 6) is 0.275. The summed E-state index contributed by atoms with van der Waals surface area (Å²) in [6.45, 7) is 6.35. The number of ether oxygens (including phenoxy) is 1. The summed E-state index contributed by atoms with van der Waals surface area (Å²) in [6.07, 6.45) is 2.91. The molecular formula is C19H30N2O4S. The van der Waals surface area contributed by atoms with Gasteiger partial charge in [-0.1, -0.05) is 38.5 Å². The number of rotatable bonds is 9. The lowest BCUT2D eigenvalue weighted by molar-refractivity contribution is -0.125. The highest BCUT2D eigenvalue weighted by Gasteiger charge is 2.37. The van der Waals surface area contributed by atoms with Crippen molar-refractivity contribution in [2.24, 2.45) is 5.92 Å². The van der Waals surface area contributed by atoms with E-state index in [0.717, 1.165) is 19.3 Å². The Balaban J connectivity index is 1.92. The van der Waals surface area contributed by atoms with E-state index in [0.29, 0.717) is 38.6 Å². The maximum atomic E-state index is 12.9. The van der Waals surface area contributed by atoms with Crippen molar-refractivity contribution in [3.8, 4) is 0 Å². The van der Waals surface area contributed by atoms with Gasteiger partial charge in [-0.05, 0) is 37.3 Å². The van der Waals surface area contributed by atoms with Crippen LogP contribution in [0.4, 0.5) is 0 Å². The highest BCUT2D eigenvalue weighted by molar-refractivity contribution is 7.89. The first-order valence-electron chi connectivity index (χ1n) is 9.35. The summed E-state index contributed by atoms with van der Waals surface area (Å²) in [4.78, 5) is 12.8. The minimum atomic E-state index is -3.66. The number of carbonyl (C=O) groups excluding carboxylic acids is 1. The fourth-order valence-electron chi connectivity index (χ4n) is 3.01. The standard InChI is InChI=1S/C19H30N2O4S/c1-16(2)15-25-14-8-12-20-19(22)18-11-6-7-13-21(18)26(23,24)17-9-4-3-5-10-17/h3-5,9-10,16,18H,6-8,11-15H2,1-2H3,(H,20,22). The number of nitrogens with one attached hydrogen (secondary N) is 1. The first kappa shape index (κ1) is 20.9. The van der Waals surface area contributed by atoms with E-state index in [-0.39, 0.29) is 10.8 Å². The molecule has 1 saturated heterocycles. The molecule has 1 N–H and O–H groups in total. The van der Waals surface area contributed by atoms with Crippen molar-refractivity contribution in [3.63, 3.8) is 0 Å². The summed E-state index contributed by atoms with van der Waals surface area (Å²) >= 11 is 0. The van der Waals surface area contributed by atoms with Crippen molar-refractivity contribution >= 4 is 15.9 Å². The van der Waals surface area contributed by atoms with E-state index >= 15 is 0 Å². The highest BCUT2D eigenvalue weighted by Crippen LogP contribution is 2.25. The molecule has 1 unspecified atom stereocenters. The predicted molar refractivity (Wildman–Crippen MR) is 101 cm³/mol. The largest absolute Gasteiger partial charge is 0.381 e. The molecule has 0 bridgehead atoms. The Hall–Kier alpha value is -1.44. The van der Waals surface area contributed by atoms with Crippen LogP contribution in [-0.4, -0.2) is 51.0 Å². The van der Waals surface area contributed by atoms with Gasteiger partial charge in [0.1, 0.15) is 6.04 Å². The van der Waals surface area contributed by atoms with E-state index < -0.39 is 16.1 Å². The number of piperidine rings is 1. The molecule has 0 aliphatic carbocycles. The molecule has 1 aromatic rings. The van der Waals surface area contributed by atoms with E-state index in [4.69, 9.17) is 4.74 Å². The van der Waals surface area contributed by atoms with Crippen LogP contribution in [0.25, 0.3) is 0 Å². The molecule has 0 spiro atoms. The van der Waals surface area contributed by atoms with Crippen LogP contribution in [0, 0.1) is 5.92 Å². The van der Waals surface area contributed by atoms with E-state index in [1.54, 1.807) is 30.3 Å². The second kappa shape index (κ2) is 10.0. The number of carbonyl (C=O) groups is 1. The van der Waals surface area contributed by atoms with E-state index in [1.165, 1.54) is 4.31 Å². The van der Waals surface area contributed by atoms with Gasteiger partial charge in [0.05, 0.1) is 4.90 Å². The summed E-state index contributed by atoms with van der Waals surface area (Å²) < 4.78 is 32.7. The van der Waals surface area contributed by atoms with Crippen LogP contribution < -0.4 is 5.32 Å². The summed E-state index contributed by atoms with van der Waals surface area (Å²) in [7, 11) is -3.66. The van der Waals surface area contributed by atoms with Gasteiger partial charge in [-0.15, -0.1) is 0 Å². The van der Waals surface area contributed by atoms with Gasteiger partial charge in [0.15, 0.2) is 0 Å². The maximum absolute atomic E-state index is 12.9. The van der Waals surface area contributed by atoms with Gasteiger partial charge in [-0.25, -0.2) is 8.42 Å². The minimum absolute atomic E-state index is 0.215. The first-order valence-corrected chi connectivity index (χ1v) is 10.8. The molecule has 26 heavy (non-hydrogen) atoms. The zero-order valence-electron chi connectivity index (χ0n) is 15.7. The van der Waals surface area contributed by atoms with Crippen molar-refractivity contribution in [2.45, 2.75) is 50.5 Å². The van der Waals surface area contributed by atoms with Crippen LogP contribution in [0.2, 0.25) is 0 Å². The molecule has 1 atom stereocenters. The van der Waals surface area contributed by atoms with Gasteiger partial charge < -0.3 is 10.1 Å². The van der Waals surface area contributed by atoms with E-state index in [1.807, 2.05) is 0 Å². The van der Waals surface area contributed by atoms with Gasteiger partial charge >= 0.3 is 0 Å². The Bertz CT molecular complexity index is 661. The monoisotopic (exact) mass is 382 g/mol. The van der Waals surface area contributed by atoms with Crippen LogP contribution in [0.5, 0.6) is 0 Å². The third-order valence-corrected chi connectivity index (χ3v) is 6.24. The lowest BCUT2D eigenvalue weighted by atomic mass is 10.0. The number of amides is 1. The quantitative estimate of drug-likeness (QED) is 0.666. The molecule has 1 aromatic carbocycles. The van der Waals surface area contributed by atoms with Gasteiger partial charge in [0.2, 0.25) is 15.9 Å². The molecule has 1 aliphatic heterocycles. The fourth-order valence-corrected chi connectivity index (χ4v) is 4.68. The molecule has 146 valence electrons. The second-order valence-corrected chi connectivity index (χ2v) is 8.94. The van der Waals surface area contributed by atoms with Crippen molar-refractivity contribution < 1.29 is 17.9 Å². The van der Waals surface area contributed by atoms with E-state index in [9.17, 15) is 13.2 Å². The molecule has 0 radical (unpaired) electrons. The summed E-state index contributed by atoms with van der Waals surface area (Å²) in [5, 5.41) is 2.87. The van der Waals surface area contributed by atoms with Crippen LogP contribution in [0.3, 0.4) is 0 Å². The van der Waals surface area contributed by atoms with Crippen LogP contribution >= 0.6 is 0 Å². The van der Waals surface area contributed by atoms with Gasteiger partial charge in [-0.2, -0.15) is 4.31 Å². The second-order valence-electron chi connectivity index (χ2n) is 7.05. The Labute approximate surface area is 157 Å². The smallest absolute Gasteiger partial charge is 0.243 e. The first-order chi connectivity index (χ1) is 12.4. The molecule has 1 aliphatic rings. The predicted octanol–water partition coefficient (Wildman–Crippen LogP) is 2.41. The van der Waals surface area contributed by atoms with Crippen LogP contribution in [0.15, 0.2) is 35.2 Å². The van der Waals surface area contributed by atoms with E-state index in [2.05, 4.69) is 19.2 Å². The number of hydrogen-bond donors (Lipinski definition) is 1. The normalized spacial score (nSPS) is 18.8. The zero-order chi connectivity index (χ0) is 19.0. The maximum Gasteiger partial charge on any atom is 0.243 e. The van der Waals surface area contributed by atoms with Gasteiger partial charge in [0, 0.05) is 26.3 Å². The van der Waals surface area contributed by atoms with Crippen molar-refractivity contribution in [1.29, 1.82) is 0 Å². The number of nitrogens with zero attached hydrogens (tertiary/aromatic N) is 1. The molecule has 1 heterocycles. The highest BCUT2D eigenvalue weighted by atomic mass is 32.2. The van der Waals surface area contributed by atoms with Gasteiger partial charge in [-0.3, -0.25) is 4.79 Å².